The Morgan fingerprint density at radius 2 is 1.88 bits per heavy atom. The predicted molar refractivity (Wildman–Crippen MR) is 106 cm³/mol. The smallest absolute Gasteiger partial charge is 0.405 e. The van der Waals surface area contributed by atoms with E-state index in [4.69, 9.17) is 0 Å². The second-order valence-corrected chi connectivity index (χ2v) is 7.36. The van der Waals surface area contributed by atoms with Crippen molar-refractivity contribution in [3.63, 3.8) is 0 Å². The highest BCUT2D eigenvalue weighted by molar-refractivity contribution is 5.95. The summed E-state index contributed by atoms with van der Waals surface area (Å²) in [7, 11) is 0. The Balaban J connectivity index is 1.65. The van der Waals surface area contributed by atoms with Crippen molar-refractivity contribution in [2.75, 3.05) is 5.32 Å². The Labute approximate surface area is 178 Å². The molecule has 0 saturated carbocycles. The van der Waals surface area contributed by atoms with Crippen molar-refractivity contribution in [2.24, 2.45) is 0 Å². The van der Waals surface area contributed by atoms with E-state index < -0.39 is 12.3 Å². The zero-order chi connectivity index (χ0) is 22.6. The lowest BCUT2D eigenvalue weighted by Crippen LogP contribution is -2.26. The molecule has 12 heteroatoms. The number of aryl methyl sites for hydroxylation is 2. The molecule has 4 aromatic rings. The zero-order valence-electron chi connectivity index (χ0n) is 16.9. The van der Waals surface area contributed by atoms with Gasteiger partial charge in [-0.2, -0.15) is 14.3 Å². The van der Waals surface area contributed by atoms with E-state index in [0.29, 0.717) is 34.4 Å². The van der Waals surface area contributed by atoms with E-state index in [1.807, 2.05) is 0 Å². The maximum Gasteiger partial charge on any atom is 0.573 e. The molecule has 5 rings (SSSR count). The highest BCUT2D eigenvalue weighted by Crippen LogP contribution is 2.43. The molecule has 0 aliphatic carbocycles. The summed E-state index contributed by atoms with van der Waals surface area (Å²) in [6.07, 6.45) is -4.90. The van der Waals surface area contributed by atoms with E-state index in [1.165, 1.54) is 27.4 Å². The van der Waals surface area contributed by atoms with Crippen LogP contribution in [0.4, 0.5) is 19.0 Å². The van der Waals surface area contributed by atoms with Gasteiger partial charge in [0.15, 0.2) is 17.3 Å². The highest BCUT2D eigenvalue weighted by Gasteiger charge is 2.37. The van der Waals surface area contributed by atoms with E-state index in [2.05, 4.69) is 30.4 Å². The van der Waals surface area contributed by atoms with Crippen LogP contribution in [0.15, 0.2) is 36.4 Å². The number of hydrogen-bond donors (Lipinski definition) is 1. The summed E-state index contributed by atoms with van der Waals surface area (Å²) in [5, 5.41) is 19.8. The molecule has 1 N–H and O–H groups in total. The fourth-order valence-corrected chi connectivity index (χ4v) is 3.96. The molecule has 1 amide bonds. The van der Waals surface area contributed by atoms with E-state index in [1.54, 1.807) is 32.0 Å². The van der Waals surface area contributed by atoms with Gasteiger partial charge < -0.3 is 10.1 Å². The molecule has 164 valence electrons. The van der Waals surface area contributed by atoms with Crippen molar-refractivity contribution >= 4 is 17.4 Å². The first-order chi connectivity index (χ1) is 15.2. The van der Waals surface area contributed by atoms with E-state index in [9.17, 15) is 18.0 Å². The number of aromatic nitrogens is 6. The van der Waals surface area contributed by atoms with Crippen molar-refractivity contribution in [1.82, 2.24) is 29.6 Å². The lowest BCUT2D eigenvalue weighted by atomic mass is 9.85. The van der Waals surface area contributed by atoms with Gasteiger partial charge in [0.1, 0.15) is 11.6 Å². The Hall–Kier alpha value is -3.96. The van der Waals surface area contributed by atoms with Gasteiger partial charge in [-0.15, -0.1) is 28.5 Å². The van der Waals surface area contributed by atoms with E-state index in [0.717, 1.165) is 0 Å². The number of nitrogens with zero attached hydrogens (tertiary/aromatic N) is 6. The second kappa shape index (κ2) is 7.04. The lowest BCUT2D eigenvalue weighted by molar-refractivity contribution is -0.274. The predicted octanol–water partition coefficient (Wildman–Crippen LogP) is 3.30. The van der Waals surface area contributed by atoms with Crippen LogP contribution < -0.4 is 10.1 Å². The molecular weight excluding hydrogens is 427 g/mol. The Morgan fingerprint density at radius 3 is 2.66 bits per heavy atom. The molecule has 1 unspecified atom stereocenters. The summed E-state index contributed by atoms with van der Waals surface area (Å²) in [4.78, 5) is 12.6. The largest absolute Gasteiger partial charge is 0.573 e. The molecule has 0 bridgehead atoms. The number of rotatable bonds is 3. The molecule has 1 aliphatic rings. The molecule has 3 aromatic heterocycles. The van der Waals surface area contributed by atoms with Gasteiger partial charge in [0.05, 0.1) is 5.69 Å². The number of halogens is 3. The molecule has 4 heterocycles. The van der Waals surface area contributed by atoms with Crippen LogP contribution in [0.5, 0.6) is 5.75 Å². The summed E-state index contributed by atoms with van der Waals surface area (Å²) < 4.78 is 46.1. The van der Waals surface area contributed by atoms with Crippen molar-refractivity contribution in [3.05, 3.63) is 59.0 Å². The Kier molecular flexibility index (Phi) is 4.39. The summed E-state index contributed by atoms with van der Waals surface area (Å²) >= 11 is 0. The molecule has 1 aliphatic heterocycles. The van der Waals surface area contributed by atoms with Crippen LogP contribution in [0, 0.1) is 13.8 Å². The summed E-state index contributed by atoms with van der Waals surface area (Å²) in [6.45, 7) is 3.48. The van der Waals surface area contributed by atoms with Gasteiger partial charge in [-0.1, -0.05) is 18.2 Å². The minimum Gasteiger partial charge on any atom is -0.405 e. The van der Waals surface area contributed by atoms with Gasteiger partial charge in [-0.3, -0.25) is 4.79 Å². The van der Waals surface area contributed by atoms with Crippen molar-refractivity contribution in [3.8, 4) is 11.6 Å². The van der Waals surface area contributed by atoms with Crippen molar-refractivity contribution < 1.29 is 22.7 Å². The SMILES string of the molecule is Cc1nn(-c2ccc3nnc(C)n3n2)c2c1C(c1ccccc1OC(F)(F)F)CC(=O)N2. The molecule has 1 aromatic carbocycles. The first kappa shape index (κ1) is 20.0. The molecule has 0 radical (unpaired) electrons. The maximum absolute atomic E-state index is 13.0. The monoisotopic (exact) mass is 443 g/mol. The van der Waals surface area contributed by atoms with Crippen LogP contribution in [0.1, 0.15) is 35.0 Å². The number of carbonyl (C=O) groups excluding carboxylic acids is 1. The summed E-state index contributed by atoms with van der Waals surface area (Å²) in [5.74, 6) is -0.0655. The maximum atomic E-state index is 13.0. The molecule has 0 saturated heterocycles. The summed E-state index contributed by atoms with van der Waals surface area (Å²) in [5.41, 5.74) is 1.95. The zero-order valence-corrected chi connectivity index (χ0v) is 16.9. The third-order valence-electron chi connectivity index (χ3n) is 5.24. The molecule has 0 fully saturated rings. The van der Waals surface area contributed by atoms with Crippen LogP contribution >= 0.6 is 0 Å². The van der Waals surface area contributed by atoms with E-state index >= 15 is 0 Å². The quantitative estimate of drug-likeness (QED) is 0.522. The number of fused-ring (bicyclic) bond motifs is 2. The number of hydrogen-bond acceptors (Lipinski definition) is 6. The summed E-state index contributed by atoms with van der Waals surface area (Å²) in [6, 6.07) is 9.20. The van der Waals surface area contributed by atoms with Crippen molar-refractivity contribution in [2.45, 2.75) is 32.5 Å². The highest BCUT2D eigenvalue weighted by atomic mass is 19.4. The fraction of sp³-hybridized carbons (Fsp3) is 0.250. The fourth-order valence-electron chi connectivity index (χ4n) is 3.96. The van der Waals surface area contributed by atoms with E-state index in [-0.39, 0.29) is 23.6 Å². The molecular formula is C20H16F3N7O2. The standard InChI is InChI=1S/C20H16F3N7O2/c1-10-18-13(12-5-3-4-6-14(12)32-20(21,22)23)9-17(31)24-19(18)30(27-10)16-8-7-15-26-25-11(2)29(15)28-16/h3-8,13H,9H2,1-2H3,(H,24,31). The van der Waals surface area contributed by atoms with Crippen LogP contribution in [0.25, 0.3) is 11.5 Å². The van der Waals surface area contributed by atoms with Crippen LogP contribution in [0.2, 0.25) is 0 Å². The molecule has 0 spiro atoms. The van der Waals surface area contributed by atoms with Crippen molar-refractivity contribution in [1.29, 1.82) is 0 Å². The lowest BCUT2D eigenvalue weighted by Gasteiger charge is -2.26. The van der Waals surface area contributed by atoms with Gasteiger partial charge in [0.2, 0.25) is 5.91 Å². The van der Waals surface area contributed by atoms with Crippen LogP contribution in [-0.2, 0) is 4.79 Å². The Bertz CT molecular complexity index is 1360. The normalized spacial score (nSPS) is 16.2. The number of ether oxygens (including phenoxy) is 1. The van der Waals surface area contributed by atoms with Gasteiger partial charge in [-0.25, -0.2) is 0 Å². The second-order valence-electron chi connectivity index (χ2n) is 7.36. The average Bonchev–Trinajstić information content (AvgIpc) is 3.26. The number of amides is 1. The Morgan fingerprint density at radius 1 is 1.09 bits per heavy atom. The van der Waals surface area contributed by atoms with Gasteiger partial charge in [0.25, 0.3) is 0 Å². The number of anilines is 1. The topological polar surface area (TPSA) is 99.2 Å². The van der Waals surface area contributed by atoms with Gasteiger partial charge in [-0.05, 0) is 32.0 Å². The van der Waals surface area contributed by atoms with Crippen LogP contribution in [-0.4, -0.2) is 41.9 Å². The number of carbonyl (C=O) groups is 1. The molecule has 1 atom stereocenters. The number of nitrogens with one attached hydrogen (secondary N) is 1. The molecule has 32 heavy (non-hydrogen) atoms. The minimum absolute atomic E-state index is 0.0468. The first-order valence-electron chi connectivity index (χ1n) is 9.65. The van der Waals surface area contributed by atoms with Crippen LogP contribution in [0.3, 0.4) is 0 Å². The average molecular weight is 443 g/mol. The van der Waals surface area contributed by atoms with Gasteiger partial charge in [0, 0.05) is 23.5 Å². The third kappa shape index (κ3) is 3.33. The first-order valence-corrected chi connectivity index (χ1v) is 9.65. The minimum atomic E-state index is -4.86. The van der Waals surface area contributed by atoms with Gasteiger partial charge >= 0.3 is 6.36 Å². The number of alkyl halides is 3. The number of para-hydroxylation sites is 1. The molecule has 9 nitrogen and oxygen atoms in total. The number of benzene rings is 1. The third-order valence-corrected chi connectivity index (χ3v) is 5.24.